The van der Waals surface area contributed by atoms with Crippen molar-refractivity contribution in [2.75, 3.05) is 55.7 Å². The molecule has 1 fully saturated rings. The molecule has 3 heterocycles. The van der Waals surface area contributed by atoms with Crippen molar-refractivity contribution in [2.24, 2.45) is 0 Å². The van der Waals surface area contributed by atoms with E-state index in [9.17, 15) is 4.79 Å². The second-order valence-corrected chi connectivity index (χ2v) is 9.27. The highest BCUT2D eigenvalue weighted by molar-refractivity contribution is 6.43. The molecule has 0 spiro atoms. The summed E-state index contributed by atoms with van der Waals surface area (Å²) in [6.07, 6.45) is 3.37. The summed E-state index contributed by atoms with van der Waals surface area (Å²) in [6, 6.07) is 10.1. The summed E-state index contributed by atoms with van der Waals surface area (Å²) in [4.78, 5) is 18.8. The number of nitrogens with zero attached hydrogens (tertiary/aromatic N) is 3. The average molecular weight is 460 g/mol. The van der Waals surface area contributed by atoms with Crippen LogP contribution < -0.4 is 14.5 Å². The minimum absolute atomic E-state index is 0.262. The second-order valence-electron chi connectivity index (χ2n) is 8.49. The SMILES string of the molecule is O=C1CCc2cc(OCCCN3CCN(c4cccc(Cl)c4Cl)CC3)cc3c2N1CC3. The van der Waals surface area contributed by atoms with Crippen LogP contribution in [-0.4, -0.2) is 56.7 Å². The summed E-state index contributed by atoms with van der Waals surface area (Å²) in [5.41, 5.74) is 4.70. The molecule has 0 unspecified atom stereocenters. The molecular formula is C24H27Cl2N3O2. The van der Waals surface area contributed by atoms with E-state index in [1.54, 1.807) is 0 Å². The quantitative estimate of drug-likeness (QED) is 0.598. The Kier molecular flexibility index (Phi) is 6.00. The van der Waals surface area contributed by atoms with Gasteiger partial charge in [-0.3, -0.25) is 9.69 Å². The van der Waals surface area contributed by atoms with Gasteiger partial charge in [0.15, 0.2) is 0 Å². The number of rotatable bonds is 6. The van der Waals surface area contributed by atoms with E-state index in [4.69, 9.17) is 27.9 Å². The van der Waals surface area contributed by atoms with Gasteiger partial charge in [-0.2, -0.15) is 0 Å². The molecule has 0 N–H and O–H groups in total. The third-order valence-corrected chi connectivity index (χ3v) is 7.37. The van der Waals surface area contributed by atoms with Crippen molar-refractivity contribution in [1.82, 2.24) is 4.90 Å². The molecule has 2 aromatic carbocycles. The van der Waals surface area contributed by atoms with Crippen LogP contribution in [0.15, 0.2) is 30.3 Å². The van der Waals surface area contributed by atoms with E-state index < -0.39 is 0 Å². The fourth-order valence-electron chi connectivity index (χ4n) is 4.94. The highest BCUT2D eigenvalue weighted by Gasteiger charge is 2.31. The Morgan fingerprint density at radius 1 is 0.935 bits per heavy atom. The van der Waals surface area contributed by atoms with E-state index >= 15 is 0 Å². The van der Waals surface area contributed by atoms with Crippen LogP contribution in [0.25, 0.3) is 0 Å². The molecule has 1 saturated heterocycles. The number of hydrogen-bond donors (Lipinski definition) is 0. The first-order valence-electron chi connectivity index (χ1n) is 11.1. The fraction of sp³-hybridized carbons (Fsp3) is 0.458. The van der Waals surface area contributed by atoms with Gasteiger partial charge < -0.3 is 14.5 Å². The molecule has 0 aliphatic carbocycles. The van der Waals surface area contributed by atoms with E-state index in [1.165, 1.54) is 11.1 Å². The predicted octanol–water partition coefficient (Wildman–Crippen LogP) is 4.42. The van der Waals surface area contributed by atoms with Crippen molar-refractivity contribution in [3.8, 4) is 5.75 Å². The Labute approximate surface area is 193 Å². The maximum Gasteiger partial charge on any atom is 0.227 e. The number of carbonyl (C=O) groups excluding carboxylic acids is 1. The lowest BCUT2D eigenvalue weighted by molar-refractivity contribution is -0.118. The molecule has 164 valence electrons. The first-order valence-corrected chi connectivity index (χ1v) is 11.9. The van der Waals surface area contributed by atoms with Gasteiger partial charge in [0.25, 0.3) is 0 Å². The zero-order valence-electron chi connectivity index (χ0n) is 17.6. The minimum atomic E-state index is 0.262. The van der Waals surface area contributed by atoms with Crippen molar-refractivity contribution >= 4 is 40.5 Å². The third kappa shape index (κ3) is 4.23. The normalized spacial score (nSPS) is 18.5. The van der Waals surface area contributed by atoms with Crippen molar-refractivity contribution in [3.05, 3.63) is 51.5 Å². The lowest BCUT2D eigenvalue weighted by atomic mass is 9.99. The van der Waals surface area contributed by atoms with Gasteiger partial charge >= 0.3 is 0 Å². The van der Waals surface area contributed by atoms with Crippen LogP contribution in [0.1, 0.15) is 24.0 Å². The van der Waals surface area contributed by atoms with Crippen LogP contribution >= 0.6 is 23.2 Å². The number of benzene rings is 2. The van der Waals surface area contributed by atoms with E-state index in [1.807, 2.05) is 23.1 Å². The zero-order valence-corrected chi connectivity index (χ0v) is 19.1. The first kappa shape index (κ1) is 20.9. The van der Waals surface area contributed by atoms with Gasteiger partial charge in [0, 0.05) is 45.7 Å². The van der Waals surface area contributed by atoms with Gasteiger partial charge in [-0.15, -0.1) is 0 Å². The Morgan fingerprint density at radius 2 is 1.71 bits per heavy atom. The Morgan fingerprint density at radius 3 is 2.52 bits per heavy atom. The summed E-state index contributed by atoms with van der Waals surface area (Å²) in [5, 5.41) is 1.26. The van der Waals surface area contributed by atoms with E-state index in [0.717, 1.165) is 75.7 Å². The summed E-state index contributed by atoms with van der Waals surface area (Å²) in [6.45, 7) is 6.47. The number of hydrogen-bond acceptors (Lipinski definition) is 4. The summed E-state index contributed by atoms with van der Waals surface area (Å²) >= 11 is 12.5. The number of ether oxygens (including phenoxy) is 1. The topological polar surface area (TPSA) is 36.0 Å². The average Bonchev–Trinajstić information content (AvgIpc) is 3.22. The highest BCUT2D eigenvalue weighted by atomic mass is 35.5. The molecule has 31 heavy (non-hydrogen) atoms. The molecule has 1 amide bonds. The van der Waals surface area contributed by atoms with Crippen molar-refractivity contribution in [3.63, 3.8) is 0 Å². The monoisotopic (exact) mass is 459 g/mol. The zero-order chi connectivity index (χ0) is 21.4. The van der Waals surface area contributed by atoms with Crippen LogP contribution in [0, 0.1) is 0 Å². The predicted molar refractivity (Wildman–Crippen MR) is 126 cm³/mol. The molecule has 0 saturated carbocycles. The van der Waals surface area contributed by atoms with Crippen LogP contribution in [0.2, 0.25) is 10.0 Å². The molecular weight excluding hydrogens is 433 g/mol. The molecule has 5 rings (SSSR count). The fourth-order valence-corrected chi connectivity index (χ4v) is 5.35. The largest absolute Gasteiger partial charge is 0.494 e. The number of piperazine rings is 1. The molecule has 0 radical (unpaired) electrons. The molecule has 5 nitrogen and oxygen atoms in total. The van der Waals surface area contributed by atoms with Crippen molar-refractivity contribution in [2.45, 2.75) is 25.7 Å². The summed E-state index contributed by atoms with van der Waals surface area (Å²) in [7, 11) is 0. The van der Waals surface area contributed by atoms with Crippen LogP contribution in [-0.2, 0) is 17.6 Å². The number of halogens is 2. The second kappa shape index (κ2) is 8.89. The molecule has 0 bridgehead atoms. The smallest absolute Gasteiger partial charge is 0.227 e. The van der Waals surface area contributed by atoms with Gasteiger partial charge in [0.1, 0.15) is 5.75 Å². The lowest BCUT2D eigenvalue weighted by Crippen LogP contribution is -2.46. The first-order chi connectivity index (χ1) is 15.1. The third-order valence-electron chi connectivity index (χ3n) is 6.56. The molecule has 3 aliphatic rings. The lowest BCUT2D eigenvalue weighted by Gasteiger charge is -2.36. The molecule has 3 aliphatic heterocycles. The van der Waals surface area contributed by atoms with Crippen molar-refractivity contribution < 1.29 is 9.53 Å². The Hall–Kier alpha value is -1.95. The van der Waals surface area contributed by atoms with Crippen LogP contribution in [0.4, 0.5) is 11.4 Å². The van der Waals surface area contributed by atoms with Gasteiger partial charge in [0.05, 0.1) is 28.0 Å². The molecule has 0 aromatic heterocycles. The number of aryl methyl sites for hydroxylation is 1. The van der Waals surface area contributed by atoms with Gasteiger partial charge in [-0.05, 0) is 54.7 Å². The number of anilines is 2. The minimum Gasteiger partial charge on any atom is -0.494 e. The maximum absolute atomic E-state index is 12.1. The summed E-state index contributed by atoms with van der Waals surface area (Å²) in [5.74, 6) is 1.21. The van der Waals surface area contributed by atoms with Crippen LogP contribution in [0.5, 0.6) is 5.75 Å². The summed E-state index contributed by atoms with van der Waals surface area (Å²) < 4.78 is 6.10. The Bertz CT molecular complexity index is 989. The van der Waals surface area contributed by atoms with Gasteiger partial charge in [0.2, 0.25) is 5.91 Å². The highest BCUT2D eigenvalue weighted by Crippen LogP contribution is 2.39. The standard InChI is InChI=1S/C24H27Cl2N3O2/c25-20-3-1-4-21(23(20)26)28-12-10-27(11-13-28)8-2-14-31-19-15-17-5-6-22(30)29-9-7-18(16-19)24(17)29/h1,3-4,15-16H,2,5-14H2. The van der Waals surface area contributed by atoms with E-state index in [0.29, 0.717) is 23.1 Å². The van der Waals surface area contributed by atoms with E-state index in [-0.39, 0.29) is 5.91 Å². The maximum atomic E-state index is 12.1. The number of carbonyl (C=O) groups is 1. The Balaban J connectivity index is 1.09. The molecule has 0 atom stereocenters. The van der Waals surface area contributed by atoms with Crippen molar-refractivity contribution in [1.29, 1.82) is 0 Å². The molecule has 7 heteroatoms. The molecule has 2 aromatic rings. The van der Waals surface area contributed by atoms with Gasteiger partial charge in [-0.25, -0.2) is 0 Å². The number of amides is 1. The van der Waals surface area contributed by atoms with Gasteiger partial charge in [-0.1, -0.05) is 29.3 Å². The van der Waals surface area contributed by atoms with E-state index in [2.05, 4.69) is 21.9 Å². The van der Waals surface area contributed by atoms with Crippen LogP contribution in [0.3, 0.4) is 0 Å².